The normalized spacial score (nSPS) is 10.9. The number of ether oxygens (including phenoxy) is 2. The van der Waals surface area contributed by atoms with Gasteiger partial charge >= 0.3 is 12.1 Å². The van der Waals surface area contributed by atoms with Gasteiger partial charge in [-0.1, -0.05) is 36.4 Å². The maximum absolute atomic E-state index is 12.0. The molecule has 0 radical (unpaired) electrons. The van der Waals surface area contributed by atoms with E-state index in [2.05, 4.69) is 35.4 Å². The number of rotatable bonds is 12. The van der Waals surface area contributed by atoms with E-state index < -0.39 is 12.1 Å². The molecule has 40 heavy (non-hydrogen) atoms. The van der Waals surface area contributed by atoms with Crippen molar-refractivity contribution in [3.8, 4) is 27.4 Å². The first-order valence-corrected chi connectivity index (χ1v) is 14.0. The summed E-state index contributed by atoms with van der Waals surface area (Å²) in [6.07, 6.45) is 3.92. The number of amides is 1. The molecule has 4 rings (SSSR count). The molecule has 0 bridgehead atoms. The molecular formula is C31H33N3O5S. The van der Waals surface area contributed by atoms with Gasteiger partial charge in [-0.2, -0.15) is 0 Å². The first-order chi connectivity index (χ1) is 19.3. The summed E-state index contributed by atoms with van der Waals surface area (Å²) in [6, 6.07) is 17.8. The lowest BCUT2D eigenvalue weighted by Gasteiger charge is -2.14. The number of aromatic nitrogens is 2. The maximum atomic E-state index is 12.0. The highest BCUT2D eigenvalue weighted by atomic mass is 32.1. The predicted octanol–water partition coefficient (Wildman–Crippen LogP) is 6.45. The van der Waals surface area contributed by atoms with Crippen molar-refractivity contribution in [3.05, 3.63) is 88.7 Å². The lowest BCUT2D eigenvalue weighted by atomic mass is 10.0. The van der Waals surface area contributed by atoms with Crippen LogP contribution in [0, 0.1) is 6.92 Å². The molecule has 1 amide bonds. The Morgan fingerprint density at radius 3 is 2.50 bits per heavy atom. The fourth-order valence-electron chi connectivity index (χ4n) is 4.16. The molecule has 0 spiro atoms. The number of thiazole rings is 1. The number of carbonyl (C=O) groups excluding carboxylic acids is 1. The van der Waals surface area contributed by atoms with Crippen molar-refractivity contribution in [1.29, 1.82) is 0 Å². The van der Waals surface area contributed by atoms with Crippen LogP contribution in [0.2, 0.25) is 0 Å². The molecule has 0 unspecified atom stereocenters. The van der Waals surface area contributed by atoms with E-state index in [1.807, 2.05) is 48.8 Å². The van der Waals surface area contributed by atoms with Crippen molar-refractivity contribution in [2.75, 3.05) is 6.61 Å². The molecule has 8 nitrogen and oxygen atoms in total. The molecule has 0 aliphatic carbocycles. The predicted molar refractivity (Wildman–Crippen MR) is 156 cm³/mol. The molecule has 0 fully saturated rings. The number of nitrogens with one attached hydrogen (secondary N) is 1. The average molecular weight is 560 g/mol. The number of alkyl carbamates (subject to hydrolysis) is 1. The minimum Gasteiger partial charge on any atom is -0.493 e. The number of carbonyl (C=O) groups is 2. The zero-order valence-electron chi connectivity index (χ0n) is 22.8. The zero-order valence-corrected chi connectivity index (χ0v) is 23.7. The number of nitrogens with zero attached hydrogens (tertiary/aromatic N) is 2. The Morgan fingerprint density at radius 1 is 0.975 bits per heavy atom. The smallest absolute Gasteiger partial charge is 0.407 e. The van der Waals surface area contributed by atoms with Gasteiger partial charge in [-0.3, -0.25) is 9.78 Å². The van der Waals surface area contributed by atoms with Crippen molar-refractivity contribution in [2.45, 2.75) is 52.7 Å². The van der Waals surface area contributed by atoms with Crippen LogP contribution in [0.15, 0.2) is 67.0 Å². The van der Waals surface area contributed by atoms with E-state index in [9.17, 15) is 9.59 Å². The summed E-state index contributed by atoms with van der Waals surface area (Å²) in [7, 11) is 0. The molecule has 0 aliphatic rings. The third-order valence-corrected chi connectivity index (χ3v) is 7.21. The number of hydrogen-bond donors (Lipinski definition) is 2. The van der Waals surface area contributed by atoms with E-state index in [1.165, 1.54) is 0 Å². The van der Waals surface area contributed by atoms with Gasteiger partial charge in [-0.15, -0.1) is 11.3 Å². The highest BCUT2D eigenvalue weighted by Crippen LogP contribution is 2.30. The molecule has 2 aromatic heterocycles. The highest BCUT2D eigenvalue weighted by Gasteiger charge is 2.13. The molecular weight excluding hydrogens is 526 g/mol. The Morgan fingerprint density at radius 2 is 1.75 bits per heavy atom. The minimum atomic E-state index is -0.876. The number of carboxylic acids is 1. The van der Waals surface area contributed by atoms with Gasteiger partial charge < -0.3 is 19.9 Å². The van der Waals surface area contributed by atoms with E-state index >= 15 is 0 Å². The summed E-state index contributed by atoms with van der Waals surface area (Å²) in [5, 5.41) is 12.7. The van der Waals surface area contributed by atoms with Crippen molar-refractivity contribution in [3.63, 3.8) is 0 Å². The summed E-state index contributed by atoms with van der Waals surface area (Å²) in [5.74, 6) is -0.236. The molecule has 2 N–H and O–H groups in total. The van der Waals surface area contributed by atoms with Gasteiger partial charge in [0.15, 0.2) is 0 Å². The highest BCUT2D eigenvalue weighted by molar-refractivity contribution is 7.15. The van der Waals surface area contributed by atoms with Crippen LogP contribution in [0.3, 0.4) is 0 Å². The molecule has 0 aliphatic heterocycles. The number of carboxylic acid groups (broad SMARTS) is 1. The minimum absolute atomic E-state index is 0.00113. The molecule has 0 saturated heterocycles. The summed E-state index contributed by atoms with van der Waals surface area (Å²) in [6.45, 7) is 6.24. The number of pyridine rings is 1. The van der Waals surface area contributed by atoms with Gasteiger partial charge in [-0.25, -0.2) is 9.78 Å². The van der Waals surface area contributed by atoms with Crippen LogP contribution in [-0.2, 0) is 28.9 Å². The van der Waals surface area contributed by atoms with Gasteiger partial charge in [-0.05, 0) is 62.1 Å². The Bertz CT molecular complexity index is 1450. The van der Waals surface area contributed by atoms with E-state index in [4.69, 9.17) is 19.6 Å². The molecule has 4 aromatic rings. The van der Waals surface area contributed by atoms with Crippen molar-refractivity contribution < 1.29 is 24.2 Å². The monoisotopic (exact) mass is 559 g/mol. The molecule has 2 heterocycles. The second-order valence-electron chi connectivity index (χ2n) is 9.58. The quantitative estimate of drug-likeness (QED) is 0.205. The third kappa shape index (κ3) is 8.13. The standard InChI is InChI=1S/C31H33N3O5S/c1-20(2)39-31(37)33-19-25-16-27(11-9-23(25)10-12-29(35)36)38-14-13-28-21(3)40-30(34-28)26-15-24(17-32-18-26)22-7-5-4-6-8-22/h4-9,11,15-18,20H,10,12-14,19H2,1-3H3,(H,33,37)(H,35,36). The van der Waals surface area contributed by atoms with Gasteiger partial charge in [0.2, 0.25) is 0 Å². The van der Waals surface area contributed by atoms with Crippen molar-refractivity contribution >= 4 is 23.4 Å². The second kappa shape index (κ2) is 13.7. The van der Waals surface area contributed by atoms with E-state index in [0.29, 0.717) is 25.2 Å². The van der Waals surface area contributed by atoms with Gasteiger partial charge in [0, 0.05) is 47.8 Å². The summed E-state index contributed by atoms with van der Waals surface area (Å²) in [5.41, 5.74) is 5.74. The second-order valence-corrected chi connectivity index (χ2v) is 10.8. The maximum Gasteiger partial charge on any atom is 0.407 e. The SMILES string of the molecule is Cc1sc(-c2cncc(-c3ccccc3)c2)nc1CCOc1ccc(CCC(=O)O)c(CNC(=O)OC(C)C)c1. The van der Waals surface area contributed by atoms with Crippen molar-refractivity contribution in [1.82, 2.24) is 15.3 Å². The Hall–Kier alpha value is -4.24. The van der Waals surface area contributed by atoms with Gasteiger partial charge in [0.25, 0.3) is 0 Å². The van der Waals surface area contributed by atoms with Crippen LogP contribution >= 0.6 is 11.3 Å². The lowest BCUT2D eigenvalue weighted by Crippen LogP contribution is -2.26. The van der Waals surface area contributed by atoms with Crippen LogP contribution < -0.4 is 10.1 Å². The van der Waals surface area contributed by atoms with Crippen molar-refractivity contribution in [2.24, 2.45) is 0 Å². The van der Waals surface area contributed by atoms with Crippen LogP contribution in [0.5, 0.6) is 5.75 Å². The van der Waals surface area contributed by atoms with E-state index in [1.54, 1.807) is 25.2 Å². The first kappa shape index (κ1) is 28.8. The Labute approximate surface area is 238 Å². The van der Waals surface area contributed by atoms with Gasteiger partial charge in [0.05, 0.1) is 18.4 Å². The number of hydrogen-bond acceptors (Lipinski definition) is 7. The number of aliphatic carboxylic acids is 1. The molecule has 9 heteroatoms. The number of aryl methyl sites for hydroxylation is 2. The Kier molecular flexibility index (Phi) is 9.86. The van der Waals surface area contributed by atoms with Crippen LogP contribution in [-0.4, -0.2) is 39.8 Å². The van der Waals surface area contributed by atoms with Gasteiger partial charge in [0.1, 0.15) is 10.8 Å². The first-order valence-electron chi connectivity index (χ1n) is 13.2. The third-order valence-electron chi connectivity index (χ3n) is 6.14. The lowest BCUT2D eigenvalue weighted by molar-refractivity contribution is -0.136. The zero-order chi connectivity index (χ0) is 28.5. The fourth-order valence-corrected chi connectivity index (χ4v) is 5.10. The summed E-state index contributed by atoms with van der Waals surface area (Å²) in [4.78, 5) is 33.5. The summed E-state index contributed by atoms with van der Waals surface area (Å²) < 4.78 is 11.2. The fraction of sp³-hybridized carbons (Fsp3) is 0.290. The average Bonchev–Trinajstić information content (AvgIpc) is 3.31. The molecule has 0 atom stereocenters. The molecule has 208 valence electrons. The number of benzene rings is 2. The largest absolute Gasteiger partial charge is 0.493 e. The Balaban J connectivity index is 1.41. The van der Waals surface area contributed by atoms with E-state index in [-0.39, 0.29) is 19.1 Å². The molecule has 0 saturated carbocycles. The molecule has 2 aromatic carbocycles. The topological polar surface area (TPSA) is 111 Å². The van der Waals surface area contributed by atoms with E-state index in [0.717, 1.165) is 43.4 Å². The summed E-state index contributed by atoms with van der Waals surface area (Å²) >= 11 is 1.64. The van der Waals surface area contributed by atoms with Crippen LogP contribution in [0.4, 0.5) is 4.79 Å². The van der Waals surface area contributed by atoms with Crippen LogP contribution in [0.1, 0.15) is 42.0 Å². The van der Waals surface area contributed by atoms with Crippen LogP contribution in [0.25, 0.3) is 21.7 Å².